The Kier molecular flexibility index (Phi) is 7.93. The highest BCUT2D eigenvalue weighted by molar-refractivity contribution is 7.26. The minimum Gasteiger partial charge on any atom is -0.398 e. The van der Waals surface area contributed by atoms with E-state index in [4.69, 9.17) is 21.9 Å². The molecule has 39 heavy (non-hydrogen) atoms. The zero-order valence-electron chi connectivity index (χ0n) is 22.7. The van der Waals surface area contributed by atoms with Crippen molar-refractivity contribution in [2.45, 2.75) is 41.0 Å². The van der Waals surface area contributed by atoms with E-state index in [0.29, 0.717) is 39.5 Å². The molecule has 3 aromatic heterocycles. The molecular formula is C29H33N8OP. The molecule has 0 aliphatic rings. The number of aliphatic imine (C=N–C) groups is 1. The van der Waals surface area contributed by atoms with Crippen molar-refractivity contribution >= 4 is 72.0 Å². The standard InChI is InChI=1S/C29H33N8OP/c1-6-14(2)23-24-19(13-30)20(31)10-11-21(24)35-25(23)26(27(32)38)34-17(5)18-9-12-22(39)36-29(18)37-28-15(3)7-8-16(4)33-28/h7-13,30,35H,6,31,39H2,1-5H3,(H2,32,38)(H,33,36,37)/b23-14+,26-25+,30-13?,34-17?. The maximum absolute atomic E-state index is 12.9. The predicted octanol–water partition coefficient (Wildman–Crippen LogP) is 3.08. The predicted molar refractivity (Wildman–Crippen MR) is 165 cm³/mol. The molecule has 0 spiro atoms. The van der Waals surface area contributed by atoms with Crippen LogP contribution in [0.25, 0.3) is 22.2 Å². The van der Waals surface area contributed by atoms with Crippen molar-refractivity contribution in [3.05, 3.63) is 69.4 Å². The molecule has 0 aliphatic heterocycles. The van der Waals surface area contributed by atoms with Gasteiger partial charge in [-0.1, -0.05) is 27.8 Å². The summed E-state index contributed by atoms with van der Waals surface area (Å²) in [6, 6.07) is 11.3. The highest BCUT2D eigenvalue weighted by atomic mass is 31.0. The van der Waals surface area contributed by atoms with Gasteiger partial charge in [0.1, 0.15) is 11.6 Å². The van der Waals surface area contributed by atoms with Crippen LogP contribution >= 0.6 is 9.24 Å². The molecule has 1 aromatic carbocycles. The van der Waals surface area contributed by atoms with Gasteiger partial charge in [-0.2, -0.15) is 0 Å². The van der Waals surface area contributed by atoms with E-state index in [0.717, 1.165) is 44.8 Å². The summed E-state index contributed by atoms with van der Waals surface area (Å²) in [5, 5.41) is 13.3. The zero-order chi connectivity index (χ0) is 28.4. The van der Waals surface area contributed by atoms with Crippen LogP contribution in [0.4, 0.5) is 17.3 Å². The lowest BCUT2D eigenvalue weighted by atomic mass is 10.0. The number of anilines is 3. The van der Waals surface area contributed by atoms with E-state index in [1.54, 1.807) is 6.07 Å². The number of nitrogens with two attached hydrogens (primary N) is 2. The number of nitrogens with zero attached hydrogens (tertiary/aromatic N) is 3. The molecule has 1 atom stereocenters. The number of aryl methyl sites for hydroxylation is 2. The van der Waals surface area contributed by atoms with Gasteiger partial charge in [-0.25, -0.2) is 15.0 Å². The summed E-state index contributed by atoms with van der Waals surface area (Å²) in [4.78, 5) is 30.2. The van der Waals surface area contributed by atoms with Gasteiger partial charge in [0.15, 0.2) is 5.70 Å². The monoisotopic (exact) mass is 540 g/mol. The Balaban J connectivity index is 2.02. The van der Waals surface area contributed by atoms with Crippen LogP contribution in [0.2, 0.25) is 0 Å². The minimum absolute atomic E-state index is 0.0757. The second-order valence-corrected chi connectivity index (χ2v) is 10.0. The molecule has 0 fully saturated rings. The van der Waals surface area contributed by atoms with E-state index in [-0.39, 0.29) is 5.70 Å². The number of nitrogens with one attached hydrogen (secondary N) is 3. The van der Waals surface area contributed by atoms with Gasteiger partial charge in [0.25, 0.3) is 5.91 Å². The maximum atomic E-state index is 12.9. The minimum atomic E-state index is -0.684. The number of carbonyl (C=O) groups excluding carboxylic acids is 1. The van der Waals surface area contributed by atoms with Gasteiger partial charge in [0, 0.05) is 50.6 Å². The highest BCUT2D eigenvalue weighted by Crippen LogP contribution is 2.22. The van der Waals surface area contributed by atoms with Crippen molar-refractivity contribution in [2.24, 2.45) is 10.7 Å². The number of fused-ring (bicyclic) bond motifs is 1. The van der Waals surface area contributed by atoms with Crippen LogP contribution in [0.3, 0.4) is 0 Å². The summed E-state index contributed by atoms with van der Waals surface area (Å²) in [5.74, 6) is 0.562. The van der Waals surface area contributed by atoms with Gasteiger partial charge >= 0.3 is 0 Å². The second kappa shape index (κ2) is 11.2. The number of hydrogen-bond acceptors (Lipinski definition) is 7. The summed E-state index contributed by atoms with van der Waals surface area (Å²) >= 11 is 0. The molecule has 200 valence electrons. The summed E-state index contributed by atoms with van der Waals surface area (Å²) < 4.78 is 0. The van der Waals surface area contributed by atoms with E-state index in [9.17, 15) is 4.79 Å². The molecule has 1 amide bonds. The van der Waals surface area contributed by atoms with E-state index in [2.05, 4.69) is 29.5 Å². The number of hydrogen-bond donors (Lipinski definition) is 5. The lowest BCUT2D eigenvalue weighted by molar-refractivity contribution is -0.113. The van der Waals surface area contributed by atoms with Gasteiger partial charge in [0.05, 0.1) is 10.8 Å². The van der Waals surface area contributed by atoms with Crippen LogP contribution in [-0.2, 0) is 4.79 Å². The normalized spacial score (nSPS) is 13.3. The first-order chi connectivity index (χ1) is 18.5. The topological polar surface area (TPSA) is 159 Å². The number of H-pyrrole nitrogens is 1. The molecule has 1 unspecified atom stereocenters. The number of rotatable bonds is 7. The SMILES string of the molecule is CC/C(C)=c1/c(=C(\N=C(C)c2ccc(P)nc2Nc2nc(C)ccc2C)C(N)=O)[nH]c2ccc(N)c(C=N)c12. The number of nitrogen functional groups attached to an aromatic ring is 1. The van der Waals surface area contributed by atoms with Crippen LogP contribution in [0.5, 0.6) is 0 Å². The van der Waals surface area contributed by atoms with Gasteiger partial charge in [-0.15, -0.1) is 0 Å². The number of aromatic amines is 1. The third-order valence-electron chi connectivity index (χ3n) is 6.67. The van der Waals surface area contributed by atoms with Crippen molar-refractivity contribution in [3.8, 4) is 0 Å². The molecule has 0 bridgehead atoms. The molecular weight excluding hydrogens is 507 g/mol. The van der Waals surface area contributed by atoms with Crippen LogP contribution in [0, 0.1) is 19.3 Å². The summed E-state index contributed by atoms with van der Waals surface area (Å²) in [6.45, 7) is 9.72. The summed E-state index contributed by atoms with van der Waals surface area (Å²) in [6.07, 6.45) is 1.95. The zero-order valence-corrected chi connectivity index (χ0v) is 23.9. The van der Waals surface area contributed by atoms with Crippen LogP contribution in [0.15, 0.2) is 41.4 Å². The molecule has 0 saturated carbocycles. The first-order valence-corrected chi connectivity index (χ1v) is 13.1. The first-order valence-electron chi connectivity index (χ1n) is 12.5. The molecule has 7 N–H and O–H groups in total. The van der Waals surface area contributed by atoms with Crippen molar-refractivity contribution in [3.63, 3.8) is 0 Å². The molecule has 0 saturated heterocycles. The highest BCUT2D eigenvalue weighted by Gasteiger charge is 2.17. The fourth-order valence-electron chi connectivity index (χ4n) is 4.46. The van der Waals surface area contributed by atoms with E-state index in [1.165, 1.54) is 6.21 Å². The van der Waals surface area contributed by atoms with Gasteiger partial charge < -0.3 is 27.2 Å². The number of pyridine rings is 2. The summed E-state index contributed by atoms with van der Waals surface area (Å²) in [5.41, 5.74) is 18.8. The largest absolute Gasteiger partial charge is 0.398 e. The molecule has 0 aliphatic carbocycles. The Labute approximate surface area is 229 Å². The Morgan fingerprint density at radius 3 is 2.54 bits per heavy atom. The fraction of sp³-hybridized carbons (Fsp3) is 0.207. The first kappa shape index (κ1) is 27.7. The quantitative estimate of drug-likeness (QED) is 0.138. The molecule has 3 heterocycles. The van der Waals surface area contributed by atoms with Gasteiger partial charge in [-0.05, 0) is 70.0 Å². The van der Waals surface area contributed by atoms with Crippen molar-refractivity contribution in [1.29, 1.82) is 5.41 Å². The van der Waals surface area contributed by atoms with Crippen LogP contribution in [-0.4, -0.2) is 32.8 Å². The number of aromatic nitrogens is 3. The lowest BCUT2D eigenvalue weighted by Crippen LogP contribution is -2.32. The number of amides is 1. The Bertz CT molecular complexity index is 1790. The van der Waals surface area contributed by atoms with Crippen molar-refractivity contribution in [1.82, 2.24) is 15.0 Å². The molecule has 4 aromatic rings. The van der Waals surface area contributed by atoms with Crippen molar-refractivity contribution < 1.29 is 4.79 Å². The lowest BCUT2D eigenvalue weighted by Gasteiger charge is -2.13. The van der Waals surface area contributed by atoms with Crippen LogP contribution in [0.1, 0.15) is 49.6 Å². The van der Waals surface area contributed by atoms with Crippen molar-refractivity contribution in [2.75, 3.05) is 11.1 Å². The smallest absolute Gasteiger partial charge is 0.269 e. The molecule has 9 nitrogen and oxygen atoms in total. The molecule has 4 rings (SSSR count). The van der Waals surface area contributed by atoms with Gasteiger partial charge in [-0.3, -0.25) is 4.79 Å². The number of benzene rings is 1. The Morgan fingerprint density at radius 2 is 1.87 bits per heavy atom. The van der Waals surface area contributed by atoms with Gasteiger partial charge in [0.2, 0.25) is 0 Å². The summed E-state index contributed by atoms with van der Waals surface area (Å²) in [7, 11) is 2.59. The second-order valence-electron chi connectivity index (χ2n) is 9.43. The Morgan fingerprint density at radius 1 is 1.13 bits per heavy atom. The Hall–Kier alpha value is -4.36. The number of primary amides is 1. The van der Waals surface area contributed by atoms with E-state index < -0.39 is 5.91 Å². The maximum Gasteiger partial charge on any atom is 0.269 e. The fourth-order valence-corrected chi connectivity index (χ4v) is 4.68. The third-order valence-corrected chi connectivity index (χ3v) is 6.99. The molecule has 0 radical (unpaired) electrons. The average molecular weight is 541 g/mol. The van der Waals surface area contributed by atoms with E-state index in [1.807, 2.05) is 65.0 Å². The van der Waals surface area contributed by atoms with Crippen LogP contribution < -0.4 is 32.8 Å². The average Bonchev–Trinajstić information content (AvgIpc) is 3.27. The molecule has 10 heteroatoms. The number of carbonyl (C=O) groups is 1. The third kappa shape index (κ3) is 5.45. The van der Waals surface area contributed by atoms with E-state index >= 15 is 0 Å².